The number of ether oxygens (including phenoxy) is 1. The lowest BCUT2D eigenvalue weighted by atomic mass is 10.2. The summed E-state index contributed by atoms with van der Waals surface area (Å²) >= 11 is 16.5. The molecule has 0 radical (unpaired) electrons. The summed E-state index contributed by atoms with van der Waals surface area (Å²) in [6, 6.07) is 4.79. The molecule has 112 valence electrons. The van der Waals surface area contributed by atoms with Crippen LogP contribution in [0.5, 0.6) is 5.75 Å². The Morgan fingerprint density at radius 3 is 2.81 bits per heavy atom. The van der Waals surface area contributed by atoms with Crippen molar-refractivity contribution in [1.29, 1.82) is 0 Å². The Balaban J connectivity index is 2.26. The first kappa shape index (κ1) is 15.9. The van der Waals surface area contributed by atoms with Gasteiger partial charge in [-0.1, -0.05) is 40.9 Å². The molecule has 0 aliphatic carbocycles. The van der Waals surface area contributed by atoms with Gasteiger partial charge in [0, 0.05) is 18.3 Å². The zero-order valence-corrected chi connectivity index (χ0v) is 13.0. The second-order valence-corrected chi connectivity index (χ2v) is 6.50. The summed E-state index contributed by atoms with van der Waals surface area (Å²) in [6.07, 6.45) is 1.62. The zero-order valence-electron chi connectivity index (χ0n) is 10.7. The van der Waals surface area contributed by atoms with Crippen molar-refractivity contribution in [2.75, 3.05) is 23.4 Å². The Labute approximate surface area is 136 Å². The van der Waals surface area contributed by atoms with Gasteiger partial charge < -0.3 is 15.0 Å². The maximum atomic E-state index is 11.8. The van der Waals surface area contributed by atoms with Gasteiger partial charge >= 0.3 is 0 Å². The first-order chi connectivity index (χ1) is 9.82. The Morgan fingerprint density at radius 1 is 1.48 bits per heavy atom. The van der Waals surface area contributed by atoms with Crippen molar-refractivity contribution in [2.24, 2.45) is 0 Å². The van der Waals surface area contributed by atoms with E-state index in [1.165, 1.54) is 4.90 Å². The van der Waals surface area contributed by atoms with E-state index >= 15 is 0 Å². The van der Waals surface area contributed by atoms with Crippen molar-refractivity contribution in [2.45, 2.75) is 3.79 Å². The number of amides is 2. The topological polar surface area (TPSA) is 58.6 Å². The lowest BCUT2D eigenvalue weighted by Gasteiger charge is -2.28. The number of hydrogen-bond acceptors (Lipinski definition) is 3. The Hall–Kier alpha value is -1.43. The van der Waals surface area contributed by atoms with Gasteiger partial charge in [-0.3, -0.25) is 9.59 Å². The molecule has 1 N–H and O–H groups in total. The quantitative estimate of drug-likeness (QED) is 0.674. The second-order valence-electron chi connectivity index (χ2n) is 4.22. The molecule has 0 saturated heterocycles. The summed E-state index contributed by atoms with van der Waals surface area (Å²) in [5.41, 5.74) is 0.996. The highest BCUT2D eigenvalue weighted by Gasteiger charge is 2.31. The van der Waals surface area contributed by atoms with Crippen LogP contribution in [0.3, 0.4) is 0 Å². The summed E-state index contributed by atoms with van der Waals surface area (Å²) in [5, 5.41) is 2.45. The van der Waals surface area contributed by atoms with Gasteiger partial charge in [-0.15, -0.1) is 6.58 Å². The molecule has 8 heteroatoms. The largest absolute Gasteiger partial charge is 0.481 e. The highest BCUT2D eigenvalue weighted by atomic mass is 35.6. The third-order valence-electron chi connectivity index (χ3n) is 2.73. The molecule has 21 heavy (non-hydrogen) atoms. The van der Waals surface area contributed by atoms with Crippen LogP contribution in [0.15, 0.2) is 30.9 Å². The van der Waals surface area contributed by atoms with E-state index in [1.54, 1.807) is 24.3 Å². The molecule has 2 rings (SSSR count). The minimum absolute atomic E-state index is 0.0807. The number of carbonyl (C=O) groups excluding carboxylic acids is 2. The van der Waals surface area contributed by atoms with Crippen molar-refractivity contribution in [3.63, 3.8) is 0 Å². The van der Waals surface area contributed by atoms with Crippen molar-refractivity contribution >= 4 is 58.0 Å². The summed E-state index contributed by atoms with van der Waals surface area (Å²) in [6.45, 7) is 3.90. The lowest BCUT2D eigenvalue weighted by molar-refractivity contribution is -0.121. The summed E-state index contributed by atoms with van der Waals surface area (Å²) < 4.78 is 3.29. The number of halogens is 3. The molecule has 1 aromatic carbocycles. The fraction of sp³-hybridized carbons (Fsp3) is 0.231. The van der Waals surface area contributed by atoms with E-state index in [-0.39, 0.29) is 12.5 Å². The molecule has 5 nitrogen and oxygen atoms in total. The first-order valence-electron chi connectivity index (χ1n) is 5.89. The molecule has 1 heterocycles. The van der Waals surface area contributed by atoms with Crippen molar-refractivity contribution in [1.82, 2.24) is 0 Å². The SMILES string of the molecule is C=CCN1C(=O)COc2cc(NC(=O)C(Cl)(Cl)Cl)ccc21. The van der Waals surface area contributed by atoms with Crippen LogP contribution in [-0.2, 0) is 9.59 Å². The predicted molar refractivity (Wildman–Crippen MR) is 83.4 cm³/mol. The molecule has 1 aliphatic rings. The van der Waals surface area contributed by atoms with E-state index < -0.39 is 9.70 Å². The number of rotatable bonds is 3. The standard InChI is InChI=1S/C13H11Cl3N2O3/c1-2-5-18-9-4-3-8(17-12(20)13(14,15)16)6-10(9)21-7-11(18)19/h2-4,6H,1,5,7H2,(H,17,20). The van der Waals surface area contributed by atoms with E-state index in [9.17, 15) is 9.59 Å². The third kappa shape index (κ3) is 3.61. The maximum Gasteiger partial charge on any atom is 0.276 e. The lowest BCUT2D eigenvalue weighted by Crippen LogP contribution is -2.38. The molecular weight excluding hydrogens is 339 g/mol. The van der Waals surface area contributed by atoms with Crippen molar-refractivity contribution < 1.29 is 14.3 Å². The number of nitrogens with one attached hydrogen (secondary N) is 1. The number of alkyl halides is 3. The van der Waals surface area contributed by atoms with E-state index in [0.717, 1.165) is 0 Å². The minimum Gasteiger partial charge on any atom is -0.481 e. The minimum atomic E-state index is -2.05. The normalized spacial score (nSPS) is 14.2. The molecule has 0 aromatic heterocycles. The average molecular weight is 350 g/mol. The third-order valence-corrected chi connectivity index (χ3v) is 3.24. The molecule has 2 amide bonds. The van der Waals surface area contributed by atoms with E-state index in [1.807, 2.05) is 0 Å². The van der Waals surface area contributed by atoms with Gasteiger partial charge in [0.25, 0.3) is 15.6 Å². The Kier molecular flexibility index (Phi) is 4.66. The van der Waals surface area contributed by atoms with Crippen molar-refractivity contribution in [3.8, 4) is 5.75 Å². The van der Waals surface area contributed by atoms with Crippen LogP contribution in [0.4, 0.5) is 11.4 Å². The fourth-order valence-corrected chi connectivity index (χ4v) is 1.96. The first-order valence-corrected chi connectivity index (χ1v) is 7.02. The second kappa shape index (κ2) is 6.13. The molecule has 1 aliphatic heterocycles. The summed E-state index contributed by atoms with van der Waals surface area (Å²) in [7, 11) is 0. The van der Waals surface area contributed by atoms with Crippen LogP contribution in [0, 0.1) is 0 Å². The molecule has 0 atom stereocenters. The van der Waals surface area contributed by atoms with Gasteiger partial charge in [0.15, 0.2) is 6.61 Å². The molecule has 0 fully saturated rings. The summed E-state index contributed by atoms with van der Waals surface area (Å²) in [4.78, 5) is 24.9. The molecular formula is C13H11Cl3N2O3. The molecule has 0 spiro atoms. The van der Waals surface area contributed by atoms with Crippen LogP contribution < -0.4 is 15.0 Å². The molecule has 0 unspecified atom stereocenters. The maximum absolute atomic E-state index is 11.8. The van der Waals surface area contributed by atoms with Gasteiger partial charge in [0.05, 0.1) is 5.69 Å². The summed E-state index contributed by atoms with van der Waals surface area (Å²) in [5.74, 6) is -0.485. The van der Waals surface area contributed by atoms with Gasteiger partial charge in [0.2, 0.25) is 0 Å². The van der Waals surface area contributed by atoms with Crippen molar-refractivity contribution in [3.05, 3.63) is 30.9 Å². The molecule has 0 bridgehead atoms. The number of nitrogens with zero attached hydrogens (tertiary/aromatic N) is 1. The van der Waals surface area contributed by atoms with Crippen LogP contribution >= 0.6 is 34.8 Å². The Bertz CT molecular complexity index is 599. The van der Waals surface area contributed by atoms with Gasteiger partial charge in [0.1, 0.15) is 5.75 Å². The molecule has 0 saturated carbocycles. The van der Waals surface area contributed by atoms with Crippen LogP contribution in [0.2, 0.25) is 0 Å². The van der Waals surface area contributed by atoms with Gasteiger partial charge in [-0.2, -0.15) is 0 Å². The Morgan fingerprint density at radius 2 is 2.19 bits per heavy atom. The zero-order chi connectivity index (χ0) is 15.6. The highest BCUT2D eigenvalue weighted by molar-refractivity contribution is 6.76. The van der Waals surface area contributed by atoms with Gasteiger partial charge in [-0.25, -0.2) is 0 Å². The van der Waals surface area contributed by atoms with E-state index in [2.05, 4.69) is 11.9 Å². The molecule has 1 aromatic rings. The van der Waals surface area contributed by atoms with E-state index in [0.29, 0.717) is 23.7 Å². The highest BCUT2D eigenvalue weighted by Crippen LogP contribution is 2.35. The number of carbonyl (C=O) groups is 2. The van der Waals surface area contributed by atoms with Crippen LogP contribution in [0.25, 0.3) is 0 Å². The number of anilines is 2. The smallest absolute Gasteiger partial charge is 0.276 e. The van der Waals surface area contributed by atoms with Gasteiger partial charge in [-0.05, 0) is 12.1 Å². The average Bonchev–Trinajstić information content (AvgIpc) is 2.41. The predicted octanol–water partition coefficient (Wildman–Crippen LogP) is 2.91. The van der Waals surface area contributed by atoms with E-state index in [4.69, 9.17) is 39.5 Å². The number of fused-ring (bicyclic) bond motifs is 1. The van der Waals surface area contributed by atoms with Crippen LogP contribution in [0.1, 0.15) is 0 Å². The fourth-order valence-electron chi connectivity index (χ4n) is 1.81. The van der Waals surface area contributed by atoms with Crippen LogP contribution in [-0.4, -0.2) is 28.8 Å². The number of benzene rings is 1. The monoisotopic (exact) mass is 348 g/mol. The number of hydrogen-bond donors (Lipinski definition) is 1.